The van der Waals surface area contributed by atoms with Crippen LogP contribution in [0.15, 0.2) is 22.9 Å². The molecule has 2 N–H and O–H groups in total. The second kappa shape index (κ2) is 4.61. The van der Waals surface area contributed by atoms with Crippen LogP contribution in [0.1, 0.15) is 18.7 Å². The van der Waals surface area contributed by atoms with E-state index in [4.69, 9.17) is 9.63 Å². The highest BCUT2D eigenvalue weighted by Crippen LogP contribution is 2.13. The Bertz CT molecular complexity index is 461. The molecule has 0 aliphatic carbocycles. The van der Waals surface area contributed by atoms with Gasteiger partial charge in [-0.2, -0.15) is 4.98 Å². The van der Waals surface area contributed by atoms with E-state index in [1.165, 1.54) is 0 Å². The first-order valence-corrected chi connectivity index (χ1v) is 4.94. The monoisotopic (exact) mass is 221 g/mol. The van der Waals surface area contributed by atoms with Crippen molar-refractivity contribution in [1.82, 2.24) is 15.1 Å². The molecule has 0 aromatic carbocycles. The van der Waals surface area contributed by atoms with E-state index in [1.807, 2.05) is 12.1 Å². The molecule has 0 fully saturated rings. The standard InChI is InChI=1S/C10H11N3O3/c14-9(15)5-1-4-8-12-10(13-16-8)7-3-2-6-11-7/h2-3,6,11H,1,4-5H2,(H,14,15). The average Bonchev–Trinajstić information content (AvgIpc) is 2.85. The zero-order valence-corrected chi connectivity index (χ0v) is 8.51. The SMILES string of the molecule is O=C(O)CCCc1nc(-c2ccc[nH]2)no1. The maximum Gasteiger partial charge on any atom is 0.303 e. The molecule has 0 aliphatic rings. The molecule has 0 bridgehead atoms. The summed E-state index contributed by atoms with van der Waals surface area (Å²) in [6, 6.07) is 3.68. The molecule has 2 rings (SSSR count). The molecule has 0 atom stereocenters. The van der Waals surface area contributed by atoms with Gasteiger partial charge in [-0.05, 0) is 18.6 Å². The minimum Gasteiger partial charge on any atom is -0.481 e. The van der Waals surface area contributed by atoms with Gasteiger partial charge in [0.25, 0.3) is 0 Å². The van der Waals surface area contributed by atoms with Crippen molar-refractivity contribution in [2.45, 2.75) is 19.3 Å². The predicted molar refractivity (Wildman–Crippen MR) is 54.7 cm³/mol. The number of carboxylic acids is 1. The number of aryl methyl sites for hydroxylation is 1. The van der Waals surface area contributed by atoms with E-state index >= 15 is 0 Å². The minimum absolute atomic E-state index is 0.111. The molecular weight excluding hydrogens is 210 g/mol. The van der Waals surface area contributed by atoms with Crippen LogP contribution < -0.4 is 0 Å². The van der Waals surface area contributed by atoms with Crippen molar-refractivity contribution in [3.8, 4) is 11.5 Å². The lowest BCUT2D eigenvalue weighted by Crippen LogP contribution is -1.95. The van der Waals surface area contributed by atoms with Gasteiger partial charge in [-0.3, -0.25) is 4.79 Å². The van der Waals surface area contributed by atoms with Gasteiger partial charge >= 0.3 is 5.97 Å². The number of aliphatic carboxylic acids is 1. The molecule has 0 spiro atoms. The van der Waals surface area contributed by atoms with Crippen LogP contribution in [0.5, 0.6) is 0 Å². The number of nitrogens with one attached hydrogen (secondary N) is 1. The fraction of sp³-hybridized carbons (Fsp3) is 0.300. The van der Waals surface area contributed by atoms with E-state index in [2.05, 4.69) is 15.1 Å². The number of rotatable bonds is 5. The van der Waals surface area contributed by atoms with Crippen LogP contribution in [0.2, 0.25) is 0 Å². The molecule has 6 nitrogen and oxygen atoms in total. The third kappa shape index (κ3) is 2.47. The van der Waals surface area contributed by atoms with Crippen molar-refractivity contribution in [1.29, 1.82) is 0 Å². The van der Waals surface area contributed by atoms with Gasteiger partial charge in [0, 0.05) is 19.0 Å². The maximum atomic E-state index is 10.3. The normalized spacial score (nSPS) is 10.5. The summed E-state index contributed by atoms with van der Waals surface area (Å²) in [4.78, 5) is 17.4. The van der Waals surface area contributed by atoms with Crippen LogP contribution in [0.3, 0.4) is 0 Å². The maximum absolute atomic E-state index is 10.3. The van der Waals surface area contributed by atoms with Gasteiger partial charge in [0.05, 0.1) is 5.69 Å². The lowest BCUT2D eigenvalue weighted by atomic mass is 10.2. The highest BCUT2D eigenvalue weighted by Gasteiger charge is 2.09. The lowest BCUT2D eigenvalue weighted by Gasteiger charge is -1.90. The Morgan fingerprint density at radius 2 is 2.44 bits per heavy atom. The Labute approximate surface area is 91.3 Å². The summed E-state index contributed by atoms with van der Waals surface area (Å²) >= 11 is 0. The summed E-state index contributed by atoms with van der Waals surface area (Å²) in [6.45, 7) is 0. The topological polar surface area (TPSA) is 92.0 Å². The number of nitrogens with zero attached hydrogens (tertiary/aromatic N) is 2. The van der Waals surface area contributed by atoms with Crippen LogP contribution in [0, 0.1) is 0 Å². The van der Waals surface area contributed by atoms with E-state index in [0.717, 1.165) is 5.69 Å². The first kappa shape index (κ1) is 10.4. The Balaban J connectivity index is 1.95. The largest absolute Gasteiger partial charge is 0.481 e. The summed E-state index contributed by atoms with van der Waals surface area (Å²) in [7, 11) is 0. The Morgan fingerprint density at radius 1 is 1.56 bits per heavy atom. The van der Waals surface area contributed by atoms with Crippen molar-refractivity contribution in [2.24, 2.45) is 0 Å². The summed E-state index contributed by atoms with van der Waals surface area (Å²) < 4.78 is 5.00. The van der Waals surface area contributed by atoms with Crippen LogP contribution >= 0.6 is 0 Å². The van der Waals surface area contributed by atoms with Crippen molar-refractivity contribution >= 4 is 5.97 Å². The van der Waals surface area contributed by atoms with Gasteiger partial charge < -0.3 is 14.6 Å². The zero-order chi connectivity index (χ0) is 11.4. The molecule has 0 radical (unpaired) electrons. The molecule has 0 unspecified atom stereocenters. The third-order valence-electron chi connectivity index (χ3n) is 2.09. The van der Waals surface area contributed by atoms with Crippen LogP contribution in [0.25, 0.3) is 11.5 Å². The highest BCUT2D eigenvalue weighted by molar-refractivity contribution is 5.66. The van der Waals surface area contributed by atoms with E-state index < -0.39 is 5.97 Å². The van der Waals surface area contributed by atoms with Gasteiger partial charge in [-0.25, -0.2) is 0 Å². The van der Waals surface area contributed by atoms with Gasteiger partial charge in [0.15, 0.2) is 0 Å². The number of hydrogen-bond donors (Lipinski definition) is 2. The first-order valence-electron chi connectivity index (χ1n) is 4.94. The quantitative estimate of drug-likeness (QED) is 0.797. The van der Waals surface area contributed by atoms with Crippen LogP contribution in [-0.2, 0) is 11.2 Å². The number of H-pyrrole nitrogens is 1. The zero-order valence-electron chi connectivity index (χ0n) is 8.51. The smallest absolute Gasteiger partial charge is 0.303 e. The summed E-state index contributed by atoms with van der Waals surface area (Å²) in [5.41, 5.74) is 0.785. The molecule has 0 saturated carbocycles. The first-order chi connectivity index (χ1) is 7.75. The Morgan fingerprint density at radius 3 is 3.12 bits per heavy atom. The highest BCUT2D eigenvalue weighted by atomic mass is 16.5. The molecule has 2 heterocycles. The average molecular weight is 221 g/mol. The second-order valence-electron chi connectivity index (χ2n) is 3.34. The molecule has 2 aromatic heterocycles. The predicted octanol–water partition coefficient (Wildman–Crippen LogP) is 1.47. The van der Waals surface area contributed by atoms with Crippen molar-refractivity contribution in [3.63, 3.8) is 0 Å². The fourth-order valence-corrected chi connectivity index (χ4v) is 1.33. The molecule has 0 saturated heterocycles. The lowest BCUT2D eigenvalue weighted by molar-refractivity contribution is -0.137. The molecule has 6 heteroatoms. The number of hydrogen-bond acceptors (Lipinski definition) is 4. The van der Waals surface area contributed by atoms with E-state index in [9.17, 15) is 4.79 Å². The summed E-state index contributed by atoms with van der Waals surface area (Å²) in [6.07, 6.45) is 2.87. The number of aromatic nitrogens is 3. The number of aromatic amines is 1. The molecule has 2 aromatic rings. The van der Waals surface area contributed by atoms with Crippen molar-refractivity contribution in [2.75, 3.05) is 0 Å². The number of carboxylic acid groups (broad SMARTS) is 1. The third-order valence-corrected chi connectivity index (χ3v) is 2.09. The van der Waals surface area contributed by atoms with Gasteiger partial charge in [-0.15, -0.1) is 0 Å². The van der Waals surface area contributed by atoms with E-state index in [0.29, 0.717) is 24.6 Å². The second-order valence-corrected chi connectivity index (χ2v) is 3.34. The Kier molecular flexibility index (Phi) is 3.00. The molecule has 0 amide bonds. The van der Waals surface area contributed by atoms with Gasteiger partial charge in [0.2, 0.25) is 11.7 Å². The van der Waals surface area contributed by atoms with Gasteiger partial charge in [0.1, 0.15) is 0 Å². The number of carbonyl (C=O) groups is 1. The molecular formula is C10H11N3O3. The van der Waals surface area contributed by atoms with Crippen LogP contribution in [0.4, 0.5) is 0 Å². The molecule has 84 valence electrons. The van der Waals surface area contributed by atoms with E-state index in [1.54, 1.807) is 6.20 Å². The molecule has 0 aliphatic heterocycles. The molecule has 16 heavy (non-hydrogen) atoms. The van der Waals surface area contributed by atoms with E-state index in [-0.39, 0.29) is 6.42 Å². The fourth-order valence-electron chi connectivity index (χ4n) is 1.33. The Hall–Kier alpha value is -2.11. The summed E-state index contributed by atoms with van der Waals surface area (Å²) in [5.74, 6) is 0.144. The van der Waals surface area contributed by atoms with Crippen molar-refractivity contribution in [3.05, 3.63) is 24.2 Å². The summed E-state index contributed by atoms with van der Waals surface area (Å²) in [5, 5.41) is 12.3. The van der Waals surface area contributed by atoms with Crippen molar-refractivity contribution < 1.29 is 14.4 Å². The van der Waals surface area contributed by atoms with Gasteiger partial charge in [-0.1, -0.05) is 5.16 Å². The van der Waals surface area contributed by atoms with Crippen LogP contribution in [-0.4, -0.2) is 26.2 Å². The minimum atomic E-state index is -0.816.